The number of hydrogen-bond donors (Lipinski definition) is 0. The second-order valence-corrected chi connectivity index (χ2v) is 8.26. The third-order valence-electron chi connectivity index (χ3n) is 4.40. The van der Waals surface area contributed by atoms with Crippen molar-refractivity contribution in [2.24, 2.45) is 0 Å². The van der Waals surface area contributed by atoms with Crippen LogP contribution in [0.5, 0.6) is 5.75 Å². The monoisotopic (exact) mass is 321 g/mol. The number of benzene rings is 3. The maximum Gasteiger partial charge on any atom is 0.162 e. The van der Waals surface area contributed by atoms with Gasteiger partial charge in [0.25, 0.3) is 0 Å². The molecule has 0 aromatic heterocycles. The van der Waals surface area contributed by atoms with Crippen LogP contribution in [0.15, 0.2) is 71.6 Å². The molecule has 0 aliphatic carbocycles. The first kappa shape index (κ1) is 14.6. The lowest BCUT2D eigenvalue weighted by Gasteiger charge is -2.09. The van der Waals surface area contributed by atoms with Crippen LogP contribution >= 0.6 is 0 Å². The first-order valence-electron chi connectivity index (χ1n) is 8.27. The molecule has 2 heteroatoms. The topological polar surface area (TPSA) is 9.23 Å². The van der Waals surface area contributed by atoms with Crippen LogP contribution in [0.1, 0.15) is 18.4 Å². The molecule has 0 spiro atoms. The maximum atomic E-state index is 5.97. The van der Waals surface area contributed by atoms with Crippen LogP contribution in [-0.4, -0.2) is 11.5 Å². The molecule has 3 aromatic carbocycles. The van der Waals surface area contributed by atoms with Gasteiger partial charge < -0.3 is 4.74 Å². The molecule has 1 fully saturated rings. The summed E-state index contributed by atoms with van der Waals surface area (Å²) in [6, 6.07) is 23.6. The first-order chi connectivity index (χ1) is 11.4. The van der Waals surface area contributed by atoms with Crippen LogP contribution in [-0.2, 0) is 17.5 Å². The summed E-state index contributed by atoms with van der Waals surface area (Å²) in [5.74, 6) is 3.68. The van der Waals surface area contributed by atoms with Crippen LogP contribution in [0.25, 0.3) is 10.8 Å². The van der Waals surface area contributed by atoms with Gasteiger partial charge in [-0.25, -0.2) is 0 Å². The van der Waals surface area contributed by atoms with Crippen molar-refractivity contribution in [2.75, 3.05) is 11.5 Å². The molecule has 1 aliphatic heterocycles. The molecule has 0 bridgehead atoms. The van der Waals surface area contributed by atoms with Crippen molar-refractivity contribution >= 4 is 21.7 Å². The van der Waals surface area contributed by atoms with E-state index in [0.717, 1.165) is 5.75 Å². The Morgan fingerprint density at radius 1 is 0.826 bits per heavy atom. The Balaban J connectivity index is 1.58. The fourth-order valence-electron chi connectivity index (χ4n) is 3.19. The largest absolute Gasteiger partial charge is 0.489 e. The lowest BCUT2D eigenvalue weighted by atomic mass is 10.1. The standard InChI is InChI=1S/C21H21OS/c1-2-7-17(8-3-1)16-22-19-11-12-20-18(15-19)9-6-10-21(20)23-13-4-5-14-23/h1-3,6-12,15H,4-5,13-14,16H2/q+1. The molecule has 1 heterocycles. The normalized spacial score (nSPS) is 15.1. The van der Waals surface area contributed by atoms with Gasteiger partial charge in [-0.3, -0.25) is 0 Å². The summed E-state index contributed by atoms with van der Waals surface area (Å²) >= 11 is 0. The third-order valence-corrected chi connectivity index (χ3v) is 6.94. The second-order valence-electron chi connectivity index (χ2n) is 6.02. The molecule has 1 saturated heterocycles. The summed E-state index contributed by atoms with van der Waals surface area (Å²) in [5.41, 5.74) is 1.20. The zero-order chi connectivity index (χ0) is 15.5. The van der Waals surface area contributed by atoms with E-state index in [-0.39, 0.29) is 0 Å². The molecular formula is C21H21OS+. The van der Waals surface area contributed by atoms with Gasteiger partial charge >= 0.3 is 0 Å². The SMILES string of the molecule is c1ccc(COc2ccc3c([S+]4CCCC4)cccc3c2)cc1. The number of hydrogen-bond acceptors (Lipinski definition) is 1. The van der Waals surface area contributed by atoms with E-state index in [1.165, 1.54) is 40.7 Å². The smallest absolute Gasteiger partial charge is 0.162 e. The number of ether oxygens (including phenoxy) is 1. The van der Waals surface area contributed by atoms with Crippen LogP contribution in [0.4, 0.5) is 0 Å². The fraction of sp³-hybridized carbons (Fsp3) is 0.238. The predicted octanol–water partition coefficient (Wildman–Crippen LogP) is 5.19. The Kier molecular flexibility index (Phi) is 4.25. The van der Waals surface area contributed by atoms with E-state index >= 15 is 0 Å². The van der Waals surface area contributed by atoms with Crippen molar-refractivity contribution in [2.45, 2.75) is 24.3 Å². The number of rotatable bonds is 4. The highest BCUT2D eigenvalue weighted by Crippen LogP contribution is 2.31. The molecule has 23 heavy (non-hydrogen) atoms. The zero-order valence-corrected chi connectivity index (χ0v) is 14.0. The second kappa shape index (κ2) is 6.67. The highest BCUT2D eigenvalue weighted by molar-refractivity contribution is 7.97. The lowest BCUT2D eigenvalue weighted by Crippen LogP contribution is -2.04. The van der Waals surface area contributed by atoms with Gasteiger partial charge in [-0.15, -0.1) is 0 Å². The molecule has 3 aromatic rings. The van der Waals surface area contributed by atoms with Crippen molar-refractivity contribution in [1.82, 2.24) is 0 Å². The van der Waals surface area contributed by atoms with Crippen LogP contribution in [0.2, 0.25) is 0 Å². The Morgan fingerprint density at radius 2 is 1.65 bits per heavy atom. The summed E-state index contributed by atoms with van der Waals surface area (Å²) < 4.78 is 5.97. The molecule has 0 atom stereocenters. The minimum Gasteiger partial charge on any atom is -0.489 e. The van der Waals surface area contributed by atoms with Gasteiger partial charge in [-0.05, 0) is 48.1 Å². The van der Waals surface area contributed by atoms with Crippen molar-refractivity contribution in [1.29, 1.82) is 0 Å². The van der Waals surface area contributed by atoms with Gasteiger partial charge in [0.2, 0.25) is 0 Å². The Morgan fingerprint density at radius 3 is 2.48 bits per heavy atom. The molecule has 4 rings (SSSR count). The third kappa shape index (κ3) is 3.23. The molecular weight excluding hydrogens is 300 g/mol. The molecule has 0 amide bonds. The van der Waals surface area contributed by atoms with Gasteiger partial charge in [0, 0.05) is 16.3 Å². The fourth-order valence-corrected chi connectivity index (χ4v) is 5.71. The molecule has 0 radical (unpaired) electrons. The molecule has 0 saturated carbocycles. The van der Waals surface area contributed by atoms with Crippen molar-refractivity contribution in [3.63, 3.8) is 0 Å². The van der Waals surface area contributed by atoms with E-state index in [1.54, 1.807) is 4.90 Å². The highest BCUT2D eigenvalue weighted by Gasteiger charge is 2.28. The average Bonchev–Trinajstić information content (AvgIpc) is 3.14. The molecule has 1 aliphatic rings. The van der Waals surface area contributed by atoms with Crippen molar-refractivity contribution < 1.29 is 4.74 Å². The Hall–Kier alpha value is -1.93. The van der Waals surface area contributed by atoms with Crippen LogP contribution in [0.3, 0.4) is 0 Å². The van der Waals surface area contributed by atoms with E-state index < -0.39 is 0 Å². The zero-order valence-electron chi connectivity index (χ0n) is 13.2. The summed E-state index contributed by atoms with van der Waals surface area (Å²) in [7, 11) is 0.454. The van der Waals surface area contributed by atoms with Gasteiger partial charge in [0.05, 0.1) is 0 Å². The maximum absolute atomic E-state index is 5.97. The van der Waals surface area contributed by atoms with E-state index in [9.17, 15) is 0 Å². The molecule has 1 nitrogen and oxygen atoms in total. The lowest BCUT2D eigenvalue weighted by molar-refractivity contribution is 0.306. The summed E-state index contributed by atoms with van der Waals surface area (Å²) in [5, 5.41) is 2.71. The van der Waals surface area contributed by atoms with Crippen molar-refractivity contribution in [3.05, 3.63) is 72.3 Å². The van der Waals surface area contributed by atoms with E-state index in [0.29, 0.717) is 17.5 Å². The minimum absolute atomic E-state index is 0.454. The van der Waals surface area contributed by atoms with Crippen LogP contribution in [0, 0.1) is 0 Å². The molecule has 0 N–H and O–H groups in total. The Labute approximate surface area is 140 Å². The van der Waals surface area contributed by atoms with Gasteiger partial charge in [-0.1, -0.05) is 42.5 Å². The molecule has 0 unspecified atom stereocenters. The van der Waals surface area contributed by atoms with Gasteiger partial charge in [0.15, 0.2) is 4.90 Å². The summed E-state index contributed by atoms with van der Waals surface area (Å²) in [6.07, 6.45) is 2.77. The molecule has 116 valence electrons. The number of fused-ring (bicyclic) bond motifs is 1. The van der Waals surface area contributed by atoms with E-state index in [4.69, 9.17) is 4.74 Å². The predicted molar refractivity (Wildman–Crippen MR) is 99.3 cm³/mol. The van der Waals surface area contributed by atoms with E-state index in [1.807, 2.05) is 18.2 Å². The highest BCUT2D eigenvalue weighted by atomic mass is 32.2. The van der Waals surface area contributed by atoms with Gasteiger partial charge in [0.1, 0.15) is 23.9 Å². The van der Waals surface area contributed by atoms with Crippen LogP contribution < -0.4 is 4.74 Å². The minimum atomic E-state index is 0.454. The average molecular weight is 321 g/mol. The summed E-state index contributed by atoms with van der Waals surface area (Å²) in [6.45, 7) is 0.621. The summed E-state index contributed by atoms with van der Waals surface area (Å²) in [4.78, 5) is 1.55. The first-order valence-corrected chi connectivity index (χ1v) is 9.83. The van der Waals surface area contributed by atoms with Gasteiger partial charge in [-0.2, -0.15) is 0 Å². The quantitative estimate of drug-likeness (QED) is 0.601. The van der Waals surface area contributed by atoms with E-state index in [2.05, 4.69) is 48.5 Å². The Bertz CT molecular complexity index is 791. The van der Waals surface area contributed by atoms with Crippen molar-refractivity contribution in [3.8, 4) is 5.75 Å².